The highest BCUT2D eigenvalue weighted by Crippen LogP contribution is 2.37. The number of ether oxygens (including phenoxy) is 1. The van der Waals surface area contributed by atoms with E-state index in [1.807, 2.05) is 6.92 Å². The van der Waals surface area contributed by atoms with Crippen LogP contribution in [0.2, 0.25) is 5.02 Å². The van der Waals surface area contributed by atoms with Crippen molar-refractivity contribution in [1.29, 1.82) is 0 Å². The molecule has 0 saturated heterocycles. The summed E-state index contributed by atoms with van der Waals surface area (Å²) in [6.07, 6.45) is -2.69. The van der Waals surface area contributed by atoms with E-state index in [9.17, 15) is 35.1 Å². The molecule has 0 unspecified atom stereocenters. The topological polar surface area (TPSA) is 9.23 Å². The summed E-state index contributed by atoms with van der Waals surface area (Å²) in [4.78, 5) is 0. The Morgan fingerprint density at radius 2 is 1.34 bits per heavy atom. The van der Waals surface area contributed by atoms with Gasteiger partial charge in [-0.3, -0.25) is 0 Å². The van der Waals surface area contributed by atoms with Gasteiger partial charge in [-0.1, -0.05) is 37.1 Å². The van der Waals surface area contributed by atoms with Gasteiger partial charge in [-0.25, -0.2) is 30.7 Å². The number of hydrogen-bond donors (Lipinski definition) is 0. The molecule has 0 heterocycles. The van der Waals surface area contributed by atoms with Gasteiger partial charge in [0.1, 0.15) is 29.0 Å². The van der Waals surface area contributed by atoms with E-state index in [0.29, 0.717) is 24.6 Å². The second-order valence-electron chi connectivity index (χ2n) is 8.93. The Hall–Kier alpha value is -3.92. The molecule has 0 aliphatic rings. The first kappa shape index (κ1) is 30.0. The van der Waals surface area contributed by atoms with Crippen LogP contribution in [0.3, 0.4) is 0 Å². The van der Waals surface area contributed by atoms with Crippen molar-refractivity contribution in [1.82, 2.24) is 0 Å². The van der Waals surface area contributed by atoms with Crippen LogP contribution in [0.5, 0.6) is 5.75 Å². The third kappa shape index (κ3) is 6.70. The van der Waals surface area contributed by atoms with E-state index in [1.165, 1.54) is 18.2 Å². The Labute approximate surface area is 233 Å². The first-order chi connectivity index (χ1) is 19.3. The first-order valence-corrected chi connectivity index (χ1v) is 12.3. The van der Waals surface area contributed by atoms with E-state index >= 15 is 4.39 Å². The van der Waals surface area contributed by atoms with Gasteiger partial charge in [-0.05, 0) is 59.5 Å². The third-order valence-electron chi connectivity index (χ3n) is 5.95. The molecule has 4 aromatic carbocycles. The maximum Gasteiger partial charge on any atom is 0.419 e. The molecule has 0 bridgehead atoms. The molecule has 0 aromatic heterocycles. The zero-order chi connectivity index (χ0) is 30.1. The number of halogens is 10. The van der Waals surface area contributed by atoms with Crippen molar-refractivity contribution in [3.63, 3.8) is 0 Å². The second kappa shape index (κ2) is 11.9. The van der Waals surface area contributed by atoms with E-state index in [0.717, 1.165) is 18.1 Å². The van der Waals surface area contributed by atoms with E-state index in [2.05, 4.69) is 4.74 Å². The van der Waals surface area contributed by atoms with E-state index in [-0.39, 0.29) is 39.9 Å². The minimum absolute atomic E-state index is 0.0595. The summed E-state index contributed by atoms with van der Waals surface area (Å²) >= 11 is 6.21. The smallest absolute Gasteiger partial charge is 0.419 e. The van der Waals surface area contributed by atoms with Gasteiger partial charge in [0, 0.05) is 34.9 Å². The molecule has 0 aliphatic carbocycles. The van der Waals surface area contributed by atoms with Crippen LogP contribution >= 0.6 is 11.6 Å². The second-order valence-corrected chi connectivity index (χ2v) is 9.34. The Morgan fingerprint density at radius 3 is 1.90 bits per heavy atom. The van der Waals surface area contributed by atoms with Crippen molar-refractivity contribution in [3.8, 4) is 28.0 Å². The summed E-state index contributed by atoms with van der Waals surface area (Å²) in [5.74, 6) is -11.0. The number of hydrogen-bond acceptors (Lipinski definition) is 1. The fourth-order valence-corrected chi connectivity index (χ4v) is 4.41. The molecule has 0 spiro atoms. The van der Waals surface area contributed by atoms with Crippen LogP contribution in [-0.4, -0.2) is 6.11 Å². The molecule has 214 valence electrons. The lowest BCUT2D eigenvalue weighted by Gasteiger charge is -2.15. The van der Waals surface area contributed by atoms with Gasteiger partial charge in [0.15, 0.2) is 17.5 Å². The van der Waals surface area contributed by atoms with Crippen LogP contribution in [0.1, 0.15) is 24.5 Å². The minimum atomic E-state index is -4.33. The molecule has 0 aliphatic heterocycles. The monoisotopic (exact) mass is 600 g/mol. The van der Waals surface area contributed by atoms with Gasteiger partial charge in [0.05, 0.1) is 5.02 Å². The summed E-state index contributed by atoms with van der Waals surface area (Å²) in [5.41, 5.74) is -0.869. The average Bonchev–Trinajstić information content (AvgIpc) is 2.86. The highest BCUT2D eigenvalue weighted by molar-refractivity contribution is 6.33. The van der Waals surface area contributed by atoms with Crippen LogP contribution < -0.4 is 4.74 Å². The standard InChI is InChI=1S/C30H18ClF9O/c1-2-3-15-4-5-19(22(32)8-15)16-9-21(31)28(25(35)10-16)17-11-23(33)20(24(34)12-17)6-7-30(39,40)41-18-13-26(36)29(38)27(37)14-18/h4-14H,2-3H2,1H3/b7-6+. The lowest BCUT2D eigenvalue weighted by Crippen LogP contribution is -2.21. The van der Waals surface area contributed by atoms with Crippen LogP contribution in [0.25, 0.3) is 28.3 Å². The summed E-state index contributed by atoms with van der Waals surface area (Å²) in [6.45, 7) is 1.93. The highest BCUT2D eigenvalue weighted by atomic mass is 35.5. The largest absolute Gasteiger partial charge is 0.429 e. The fraction of sp³-hybridized carbons (Fsp3) is 0.133. The molecule has 0 N–H and O–H groups in total. The SMILES string of the molecule is CCCc1ccc(-c2cc(F)c(-c3cc(F)c(/C=C/C(F)(F)Oc4cc(F)c(F)c(F)c4)c(F)c3)c(Cl)c2)c(F)c1. The Kier molecular flexibility index (Phi) is 8.72. The van der Waals surface area contributed by atoms with Gasteiger partial charge < -0.3 is 4.74 Å². The van der Waals surface area contributed by atoms with Crippen molar-refractivity contribution < 1.29 is 44.3 Å². The van der Waals surface area contributed by atoms with Gasteiger partial charge in [-0.15, -0.1) is 0 Å². The van der Waals surface area contributed by atoms with E-state index in [1.54, 1.807) is 6.07 Å². The summed E-state index contributed by atoms with van der Waals surface area (Å²) in [5, 5.41) is -0.294. The number of aryl methyl sites for hydroxylation is 1. The number of benzene rings is 4. The quantitative estimate of drug-likeness (QED) is 0.144. The minimum Gasteiger partial charge on any atom is -0.429 e. The zero-order valence-electron chi connectivity index (χ0n) is 21.0. The molecule has 0 radical (unpaired) electrons. The molecular weight excluding hydrogens is 583 g/mol. The molecule has 0 amide bonds. The molecule has 4 aromatic rings. The van der Waals surface area contributed by atoms with E-state index in [4.69, 9.17) is 11.6 Å². The zero-order valence-corrected chi connectivity index (χ0v) is 21.7. The lowest BCUT2D eigenvalue weighted by molar-refractivity contribution is -0.131. The van der Waals surface area contributed by atoms with E-state index < -0.39 is 63.7 Å². The number of alkyl halides is 2. The number of rotatable bonds is 8. The van der Waals surface area contributed by atoms with Crippen molar-refractivity contribution in [2.45, 2.75) is 25.9 Å². The molecule has 11 heteroatoms. The van der Waals surface area contributed by atoms with Crippen molar-refractivity contribution >= 4 is 17.7 Å². The molecule has 0 atom stereocenters. The predicted molar refractivity (Wildman–Crippen MR) is 137 cm³/mol. The molecule has 0 fully saturated rings. The van der Waals surface area contributed by atoms with Gasteiger partial charge in [0.25, 0.3) is 0 Å². The van der Waals surface area contributed by atoms with Crippen LogP contribution in [0.4, 0.5) is 39.5 Å². The Bertz CT molecular complexity index is 1580. The van der Waals surface area contributed by atoms with Crippen LogP contribution in [-0.2, 0) is 6.42 Å². The maximum absolute atomic E-state index is 15.1. The molecule has 4 rings (SSSR count). The average molecular weight is 601 g/mol. The Balaban J connectivity index is 1.62. The van der Waals surface area contributed by atoms with Crippen LogP contribution in [0, 0.1) is 40.7 Å². The fourth-order valence-electron chi connectivity index (χ4n) is 4.09. The maximum atomic E-state index is 15.1. The summed E-state index contributed by atoms with van der Waals surface area (Å²) < 4.78 is 131. The van der Waals surface area contributed by atoms with Crippen molar-refractivity contribution in [3.05, 3.63) is 118 Å². The summed E-state index contributed by atoms with van der Waals surface area (Å²) in [7, 11) is 0. The molecule has 41 heavy (non-hydrogen) atoms. The van der Waals surface area contributed by atoms with Gasteiger partial charge in [-0.2, -0.15) is 8.78 Å². The normalized spacial score (nSPS) is 11.9. The molecule has 0 saturated carbocycles. The predicted octanol–water partition coefficient (Wildman–Crippen LogP) is 10.3. The van der Waals surface area contributed by atoms with Crippen molar-refractivity contribution in [2.24, 2.45) is 0 Å². The lowest BCUT2D eigenvalue weighted by atomic mass is 9.97. The third-order valence-corrected chi connectivity index (χ3v) is 6.25. The van der Waals surface area contributed by atoms with Gasteiger partial charge >= 0.3 is 6.11 Å². The highest BCUT2D eigenvalue weighted by Gasteiger charge is 2.29. The van der Waals surface area contributed by atoms with Gasteiger partial charge in [0.2, 0.25) is 0 Å². The Morgan fingerprint density at radius 1 is 0.732 bits per heavy atom. The first-order valence-electron chi connectivity index (χ1n) is 12.0. The summed E-state index contributed by atoms with van der Waals surface area (Å²) in [6, 6.07) is 8.26. The molecular formula is C30H18ClF9O. The van der Waals surface area contributed by atoms with Crippen molar-refractivity contribution in [2.75, 3.05) is 0 Å². The van der Waals surface area contributed by atoms with Crippen LogP contribution in [0.15, 0.2) is 60.7 Å². The molecule has 1 nitrogen and oxygen atoms in total.